The molecule has 0 saturated carbocycles. The minimum absolute atomic E-state index is 0.0630. The first-order valence-corrected chi connectivity index (χ1v) is 8.72. The van der Waals surface area contributed by atoms with Crippen LogP contribution in [-0.2, 0) is 4.79 Å². The second-order valence-electron chi connectivity index (χ2n) is 5.28. The summed E-state index contributed by atoms with van der Waals surface area (Å²) in [5.74, 6) is 0.877. The smallest absolute Gasteiger partial charge is 0.224 e. The standard InChI is InChI=1S/C19H20BrNO4/c1-3-25-17-10-8-15(12-18(17)24-2)21-19(23)11-9-16(22)13-4-6-14(20)7-5-13/h4-8,10,12H,3,9,11H2,1-2H3,(H,21,23). The van der Waals surface area contributed by atoms with Gasteiger partial charge >= 0.3 is 0 Å². The van der Waals surface area contributed by atoms with Crippen molar-refractivity contribution in [2.24, 2.45) is 0 Å². The van der Waals surface area contributed by atoms with E-state index in [1.54, 1.807) is 49.6 Å². The summed E-state index contributed by atoms with van der Waals surface area (Å²) in [5, 5.41) is 2.77. The number of carbonyl (C=O) groups is 2. The fraction of sp³-hybridized carbons (Fsp3) is 0.263. The van der Waals surface area contributed by atoms with Crippen LogP contribution in [0.25, 0.3) is 0 Å². The van der Waals surface area contributed by atoms with Crippen molar-refractivity contribution in [1.82, 2.24) is 0 Å². The van der Waals surface area contributed by atoms with Gasteiger partial charge in [-0.05, 0) is 31.2 Å². The summed E-state index contributed by atoms with van der Waals surface area (Å²) in [5.41, 5.74) is 1.19. The van der Waals surface area contributed by atoms with Gasteiger partial charge < -0.3 is 14.8 Å². The Bertz CT molecular complexity index is 744. The maximum atomic E-state index is 12.1. The van der Waals surface area contributed by atoms with E-state index in [-0.39, 0.29) is 24.5 Å². The van der Waals surface area contributed by atoms with Gasteiger partial charge in [-0.1, -0.05) is 28.1 Å². The minimum atomic E-state index is -0.225. The van der Waals surface area contributed by atoms with Gasteiger partial charge in [-0.3, -0.25) is 9.59 Å². The van der Waals surface area contributed by atoms with Crippen LogP contribution < -0.4 is 14.8 Å². The van der Waals surface area contributed by atoms with Crippen molar-refractivity contribution in [2.45, 2.75) is 19.8 Å². The molecule has 0 bridgehead atoms. The normalized spacial score (nSPS) is 10.2. The molecule has 25 heavy (non-hydrogen) atoms. The Morgan fingerprint density at radius 2 is 1.76 bits per heavy atom. The largest absolute Gasteiger partial charge is 0.493 e. The Morgan fingerprint density at radius 3 is 2.40 bits per heavy atom. The first-order chi connectivity index (χ1) is 12.0. The van der Waals surface area contributed by atoms with Crippen LogP contribution in [0.3, 0.4) is 0 Å². The number of rotatable bonds is 8. The number of amides is 1. The van der Waals surface area contributed by atoms with Crippen molar-refractivity contribution in [3.05, 3.63) is 52.5 Å². The molecule has 132 valence electrons. The zero-order chi connectivity index (χ0) is 18.2. The van der Waals surface area contributed by atoms with E-state index in [1.165, 1.54) is 0 Å². The maximum Gasteiger partial charge on any atom is 0.224 e. The van der Waals surface area contributed by atoms with Gasteiger partial charge in [-0.2, -0.15) is 0 Å². The van der Waals surface area contributed by atoms with Gasteiger partial charge in [0.15, 0.2) is 17.3 Å². The van der Waals surface area contributed by atoms with E-state index in [0.29, 0.717) is 29.4 Å². The van der Waals surface area contributed by atoms with Crippen LogP contribution in [-0.4, -0.2) is 25.4 Å². The van der Waals surface area contributed by atoms with E-state index in [2.05, 4.69) is 21.2 Å². The fourth-order valence-corrected chi connectivity index (χ4v) is 2.52. The predicted octanol–water partition coefficient (Wildman–Crippen LogP) is 4.46. The quantitative estimate of drug-likeness (QED) is 0.658. The molecule has 0 spiro atoms. The van der Waals surface area contributed by atoms with Gasteiger partial charge in [0.05, 0.1) is 13.7 Å². The summed E-state index contributed by atoms with van der Waals surface area (Å²) in [6.07, 6.45) is 0.270. The van der Waals surface area contributed by atoms with Crippen LogP contribution in [0.1, 0.15) is 30.1 Å². The predicted molar refractivity (Wildman–Crippen MR) is 100 cm³/mol. The lowest BCUT2D eigenvalue weighted by molar-refractivity contribution is -0.116. The average molecular weight is 406 g/mol. The Morgan fingerprint density at radius 1 is 1.04 bits per heavy atom. The lowest BCUT2D eigenvalue weighted by Gasteiger charge is -2.11. The molecule has 0 radical (unpaired) electrons. The summed E-state index contributed by atoms with van der Waals surface area (Å²) < 4.78 is 11.6. The van der Waals surface area contributed by atoms with E-state index in [1.807, 2.05) is 6.92 Å². The van der Waals surface area contributed by atoms with Gasteiger partial charge in [0.25, 0.3) is 0 Å². The molecule has 6 heteroatoms. The van der Waals surface area contributed by atoms with Gasteiger partial charge in [0, 0.05) is 34.6 Å². The SMILES string of the molecule is CCOc1ccc(NC(=O)CCC(=O)c2ccc(Br)cc2)cc1OC. The van der Waals surface area contributed by atoms with Crippen molar-refractivity contribution < 1.29 is 19.1 Å². The zero-order valence-electron chi connectivity index (χ0n) is 14.2. The van der Waals surface area contributed by atoms with Crippen LogP contribution in [0, 0.1) is 0 Å². The third-order valence-corrected chi connectivity index (χ3v) is 4.02. The van der Waals surface area contributed by atoms with E-state index in [9.17, 15) is 9.59 Å². The summed E-state index contributed by atoms with van der Waals surface area (Å²) >= 11 is 3.33. The molecule has 1 N–H and O–H groups in total. The lowest BCUT2D eigenvalue weighted by atomic mass is 10.1. The molecule has 0 aliphatic carbocycles. The highest BCUT2D eigenvalue weighted by Crippen LogP contribution is 2.30. The molecule has 0 aromatic heterocycles. The second kappa shape index (κ2) is 9.22. The number of hydrogen-bond acceptors (Lipinski definition) is 4. The van der Waals surface area contributed by atoms with Crippen molar-refractivity contribution in [1.29, 1.82) is 0 Å². The molecule has 0 fully saturated rings. The van der Waals surface area contributed by atoms with Crippen LogP contribution in [0.5, 0.6) is 11.5 Å². The molecular weight excluding hydrogens is 386 g/mol. The topological polar surface area (TPSA) is 64.6 Å². The fourth-order valence-electron chi connectivity index (χ4n) is 2.25. The number of halogens is 1. The van der Waals surface area contributed by atoms with E-state index >= 15 is 0 Å². The zero-order valence-corrected chi connectivity index (χ0v) is 15.8. The molecule has 2 rings (SSSR count). The molecule has 0 saturated heterocycles. The summed E-state index contributed by atoms with van der Waals surface area (Å²) in [6.45, 7) is 2.41. The van der Waals surface area contributed by atoms with Crippen molar-refractivity contribution in [3.63, 3.8) is 0 Å². The monoisotopic (exact) mass is 405 g/mol. The molecule has 5 nitrogen and oxygen atoms in total. The maximum absolute atomic E-state index is 12.1. The number of Topliss-reactive ketones (excluding diaryl/α,β-unsaturated/α-hetero) is 1. The number of hydrogen-bond donors (Lipinski definition) is 1. The third kappa shape index (κ3) is 5.60. The van der Waals surface area contributed by atoms with E-state index < -0.39 is 0 Å². The van der Waals surface area contributed by atoms with Gasteiger partial charge in [-0.15, -0.1) is 0 Å². The van der Waals surface area contributed by atoms with Crippen LogP contribution in [0.4, 0.5) is 5.69 Å². The van der Waals surface area contributed by atoms with Gasteiger partial charge in [0.2, 0.25) is 5.91 Å². The molecular formula is C19H20BrNO4. The molecule has 0 heterocycles. The molecule has 0 unspecified atom stereocenters. The number of benzene rings is 2. The Labute approximate surface area is 155 Å². The first-order valence-electron chi connectivity index (χ1n) is 7.93. The van der Waals surface area contributed by atoms with Gasteiger partial charge in [0.1, 0.15) is 0 Å². The first kappa shape index (κ1) is 19.0. The van der Waals surface area contributed by atoms with Crippen molar-refractivity contribution >= 4 is 33.3 Å². The van der Waals surface area contributed by atoms with Crippen LogP contribution >= 0.6 is 15.9 Å². The molecule has 2 aromatic carbocycles. The number of nitrogens with one attached hydrogen (secondary N) is 1. The molecule has 0 aliphatic rings. The number of carbonyl (C=O) groups excluding carboxylic acids is 2. The van der Waals surface area contributed by atoms with E-state index in [4.69, 9.17) is 9.47 Å². The van der Waals surface area contributed by atoms with E-state index in [0.717, 1.165) is 4.47 Å². The molecule has 0 atom stereocenters. The summed E-state index contributed by atoms with van der Waals surface area (Å²) in [7, 11) is 1.54. The molecule has 0 aliphatic heterocycles. The summed E-state index contributed by atoms with van der Waals surface area (Å²) in [4.78, 5) is 24.2. The van der Waals surface area contributed by atoms with Gasteiger partial charge in [-0.25, -0.2) is 0 Å². The minimum Gasteiger partial charge on any atom is -0.493 e. The Balaban J connectivity index is 1.91. The number of ether oxygens (including phenoxy) is 2. The van der Waals surface area contributed by atoms with Crippen molar-refractivity contribution in [2.75, 3.05) is 19.0 Å². The Hall–Kier alpha value is -2.34. The second-order valence-corrected chi connectivity index (χ2v) is 6.19. The van der Waals surface area contributed by atoms with Crippen molar-refractivity contribution in [3.8, 4) is 11.5 Å². The Kier molecular flexibility index (Phi) is 7.01. The highest BCUT2D eigenvalue weighted by molar-refractivity contribution is 9.10. The molecule has 1 amide bonds. The number of ketones is 1. The van der Waals surface area contributed by atoms with Crippen LogP contribution in [0.15, 0.2) is 46.9 Å². The van der Waals surface area contributed by atoms with Crippen LogP contribution in [0.2, 0.25) is 0 Å². The third-order valence-electron chi connectivity index (χ3n) is 3.49. The highest BCUT2D eigenvalue weighted by atomic mass is 79.9. The molecule has 2 aromatic rings. The highest BCUT2D eigenvalue weighted by Gasteiger charge is 2.11. The average Bonchev–Trinajstić information content (AvgIpc) is 2.61. The summed E-state index contributed by atoms with van der Waals surface area (Å²) in [6, 6.07) is 12.3. The number of methoxy groups -OCH3 is 1. The lowest BCUT2D eigenvalue weighted by Crippen LogP contribution is -2.13. The number of anilines is 1.